The predicted octanol–water partition coefficient (Wildman–Crippen LogP) is 4.14. The van der Waals surface area contributed by atoms with E-state index in [9.17, 15) is 9.59 Å². The third-order valence-electron chi connectivity index (χ3n) is 4.32. The molecule has 6 heteroatoms. The molecule has 2 N–H and O–H groups in total. The Morgan fingerprint density at radius 2 is 1.59 bits per heavy atom. The van der Waals surface area contributed by atoms with E-state index in [4.69, 9.17) is 9.47 Å². The molecular formula is C23H22N2O4. The van der Waals surface area contributed by atoms with Crippen molar-refractivity contribution in [3.63, 3.8) is 0 Å². The zero-order chi connectivity index (χ0) is 20.6. The SMILES string of the molecule is COc1cccc(NC(=O)c2ccccc2NC(=O)Cc2ccccc2OC)c1. The van der Waals surface area contributed by atoms with Gasteiger partial charge in [0.1, 0.15) is 11.5 Å². The summed E-state index contributed by atoms with van der Waals surface area (Å²) >= 11 is 0. The number of hydrogen-bond acceptors (Lipinski definition) is 4. The van der Waals surface area contributed by atoms with Crippen molar-refractivity contribution in [3.05, 3.63) is 83.9 Å². The van der Waals surface area contributed by atoms with Crippen LogP contribution < -0.4 is 20.1 Å². The van der Waals surface area contributed by atoms with Gasteiger partial charge >= 0.3 is 0 Å². The van der Waals surface area contributed by atoms with Gasteiger partial charge < -0.3 is 20.1 Å². The van der Waals surface area contributed by atoms with Crippen LogP contribution in [-0.2, 0) is 11.2 Å². The van der Waals surface area contributed by atoms with Crippen molar-refractivity contribution in [3.8, 4) is 11.5 Å². The van der Waals surface area contributed by atoms with Crippen LogP contribution in [0.1, 0.15) is 15.9 Å². The number of benzene rings is 3. The van der Waals surface area contributed by atoms with Gasteiger partial charge in [-0.1, -0.05) is 36.4 Å². The fraction of sp³-hybridized carbons (Fsp3) is 0.130. The molecule has 3 rings (SSSR count). The Balaban J connectivity index is 1.74. The molecule has 0 spiro atoms. The van der Waals surface area contributed by atoms with Crippen molar-refractivity contribution in [2.24, 2.45) is 0 Å². The molecule has 3 aromatic rings. The highest BCUT2D eigenvalue weighted by atomic mass is 16.5. The Morgan fingerprint density at radius 3 is 2.38 bits per heavy atom. The number of rotatable bonds is 7. The van der Waals surface area contributed by atoms with E-state index in [1.165, 1.54) is 0 Å². The molecule has 3 aromatic carbocycles. The van der Waals surface area contributed by atoms with Gasteiger partial charge in [-0.05, 0) is 30.3 Å². The van der Waals surface area contributed by atoms with E-state index in [1.807, 2.05) is 18.2 Å². The van der Waals surface area contributed by atoms with Crippen molar-refractivity contribution < 1.29 is 19.1 Å². The lowest BCUT2D eigenvalue weighted by molar-refractivity contribution is -0.115. The minimum atomic E-state index is -0.327. The lowest BCUT2D eigenvalue weighted by atomic mass is 10.1. The predicted molar refractivity (Wildman–Crippen MR) is 113 cm³/mol. The summed E-state index contributed by atoms with van der Waals surface area (Å²) < 4.78 is 10.5. The first-order chi connectivity index (χ1) is 14.1. The molecule has 0 atom stereocenters. The Labute approximate surface area is 169 Å². The third-order valence-corrected chi connectivity index (χ3v) is 4.32. The van der Waals surface area contributed by atoms with Crippen LogP contribution in [0.4, 0.5) is 11.4 Å². The molecular weight excluding hydrogens is 368 g/mol. The van der Waals surface area contributed by atoms with E-state index in [0.29, 0.717) is 28.4 Å². The molecule has 0 saturated heterocycles. The van der Waals surface area contributed by atoms with E-state index < -0.39 is 0 Å². The summed E-state index contributed by atoms with van der Waals surface area (Å²) in [5, 5.41) is 5.64. The molecule has 0 fully saturated rings. The Bertz CT molecular complexity index is 1020. The molecule has 6 nitrogen and oxygen atoms in total. The van der Waals surface area contributed by atoms with Crippen molar-refractivity contribution in [2.45, 2.75) is 6.42 Å². The molecule has 29 heavy (non-hydrogen) atoms. The van der Waals surface area contributed by atoms with Gasteiger partial charge in [0, 0.05) is 17.3 Å². The monoisotopic (exact) mass is 390 g/mol. The first-order valence-electron chi connectivity index (χ1n) is 9.07. The topological polar surface area (TPSA) is 76.7 Å². The van der Waals surface area contributed by atoms with Gasteiger partial charge in [0.25, 0.3) is 5.91 Å². The summed E-state index contributed by atoms with van der Waals surface area (Å²) in [7, 11) is 3.13. The van der Waals surface area contributed by atoms with Gasteiger partial charge in [0.2, 0.25) is 5.91 Å². The fourth-order valence-corrected chi connectivity index (χ4v) is 2.91. The van der Waals surface area contributed by atoms with Crippen LogP contribution in [0.25, 0.3) is 0 Å². The van der Waals surface area contributed by atoms with Crippen LogP contribution in [-0.4, -0.2) is 26.0 Å². The molecule has 0 heterocycles. The van der Waals surface area contributed by atoms with Gasteiger partial charge in [0.05, 0.1) is 31.9 Å². The smallest absolute Gasteiger partial charge is 0.257 e. The van der Waals surface area contributed by atoms with Crippen LogP contribution in [0.15, 0.2) is 72.8 Å². The molecule has 2 amide bonds. The first-order valence-corrected chi connectivity index (χ1v) is 9.07. The number of carbonyl (C=O) groups excluding carboxylic acids is 2. The lowest BCUT2D eigenvalue weighted by Crippen LogP contribution is -2.19. The van der Waals surface area contributed by atoms with Crippen molar-refractivity contribution in [1.82, 2.24) is 0 Å². The quantitative estimate of drug-likeness (QED) is 0.636. The largest absolute Gasteiger partial charge is 0.497 e. The molecule has 0 radical (unpaired) electrons. The fourth-order valence-electron chi connectivity index (χ4n) is 2.91. The maximum absolute atomic E-state index is 12.8. The zero-order valence-corrected chi connectivity index (χ0v) is 16.3. The van der Waals surface area contributed by atoms with E-state index in [2.05, 4.69) is 10.6 Å². The summed E-state index contributed by atoms with van der Waals surface area (Å²) in [6.45, 7) is 0. The maximum Gasteiger partial charge on any atom is 0.257 e. The zero-order valence-electron chi connectivity index (χ0n) is 16.3. The van der Waals surface area contributed by atoms with Gasteiger partial charge in [-0.15, -0.1) is 0 Å². The van der Waals surface area contributed by atoms with E-state index >= 15 is 0 Å². The van der Waals surface area contributed by atoms with Gasteiger partial charge in [0.15, 0.2) is 0 Å². The molecule has 0 aliphatic rings. The number of anilines is 2. The Kier molecular flexibility index (Phi) is 6.47. The summed E-state index contributed by atoms with van der Waals surface area (Å²) in [6, 6.07) is 21.3. The minimum absolute atomic E-state index is 0.135. The average Bonchev–Trinajstić information content (AvgIpc) is 2.74. The first kappa shape index (κ1) is 19.9. The van der Waals surface area contributed by atoms with Crippen LogP contribution >= 0.6 is 0 Å². The molecule has 0 aliphatic carbocycles. The summed E-state index contributed by atoms with van der Waals surface area (Å²) in [6.07, 6.45) is 0.135. The Morgan fingerprint density at radius 1 is 0.828 bits per heavy atom. The second kappa shape index (κ2) is 9.41. The number of ether oxygens (including phenoxy) is 2. The molecule has 0 bridgehead atoms. The maximum atomic E-state index is 12.8. The second-order valence-electron chi connectivity index (χ2n) is 6.27. The van der Waals surface area contributed by atoms with Crippen LogP contribution in [0.5, 0.6) is 11.5 Å². The second-order valence-corrected chi connectivity index (χ2v) is 6.27. The van der Waals surface area contributed by atoms with Gasteiger partial charge in [-0.25, -0.2) is 0 Å². The Hall–Kier alpha value is -3.80. The molecule has 0 aliphatic heterocycles. The number of para-hydroxylation sites is 2. The number of amides is 2. The van der Waals surface area contributed by atoms with E-state index in [0.717, 1.165) is 5.56 Å². The highest BCUT2D eigenvalue weighted by Gasteiger charge is 2.15. The van der Waals surface area contributed by atoms with Crippen molar-refractivity contribution >= 4 is 23.2 Å². The number of hydrogen-bond donors (Lipinski definition) is 2. The third kappa shape index (κ3) is 5.13. The van der Waals surface area contributed by atoms with Crippen molar-refractivity contribution in [2.75, 3.05) is 24.9 Å². The average molecular weight is 390 g/mol. The van der Waals surface area contributed by atoms with Gasteiger partial charge in [-0.3, -0.25) is 9.59 Å². The summed E-state index contributed by atoms with van der Waals surface area (Å²) in [4.78, 5) is 25.3. The summed E-state index contributed by atoms with van der Waals surface area (Å²) in [5.74, 6) is 0.718. The minimum Gasteiger partial charge on any atom is -0.497 e. The molecule has 0 unspecified atom stereocenters. The molecule has 0 saturated carbocycles. The number of nitrogens with one attached hydrogen (secondary N) is 2. The van der Waals surface area contributed by atoms with E-state index in [-0.39, 0.29) is 18.2 Å². The highest BCUT2D eigenvalue weighted by Crippen LogP contribution is 2.22. The lowest BCUT2D eigenvalue weighted by Gasteiger charge is -2.13. The van der Waals surface area contributed by atoms with Crippen LogP contribution in [0, 0.1) is 0 Å². The summed E-state index contributed by atoms with van der Waals surface area (Å²) in [5.41, 5.74) is 2.17. The van der Waals surface area contributed by atoms with Crippen LogP contribution in [0.3, 0.4) is 0 Å². The normalized spacial score (nSPS) is 10.1. The van der Waals surface area contributed by atoms with Crippen molar-refractivity contribution in [1.29, 1.82) is 0 Å². The number of carbonyl (C=O) groups is 2. The van der Waals surface area contributed by atoms with E-state index in [1.54, 1.807) is 68.8 Å². The van der Waals surface area contributed by atoms with Gasteiger partial charge in [-0.2, -0.15) is 0 Å². The number of methoxy groups -OCH3 is 2. The standard InChI is InChI=1S/C23H22N2O4/c1-28-18-10-7-9-17(15-18)24-23(27)19-11-4-5-12-20(19)25-22(26)14-16-8-3-6-13-21(16)29-2/h3-13,15H,14H2,1-2H3,(H,24,27)(H,25,26). The highest BCUT2D eigenvalue weighted by molar-refractivity contribution is 6.10. The van der Waals surface area contributed by atoms with Crippen LogP contribution in [0.2, 0.25) is 0 Å². The molecule has 0 aromatic heterocycles. The molecule has 148 valence electrons.